The van der Waals surface area contributed by atoms with Crippen molar-refractivity contribution in [1.29, 1.82) is 0 Å². The van der Waals surface area contributed by atoms with Crippen molar-refractivity contribution in [3.63, 3.8) is 0 Å². The molecule has 3 N–H and O–H groups in total. The van der Waals surface area contributed by atoms with Gasteiger partial charge in [0.1, 0.15) is 5.54 Å². The highest BCUT2D eigenvalue weighted by molar-refractivity contribution is 5.31. The van der Waals surface area contributed by atoms with E-state index >= 15 is 0 Å². The van der Waals surface area contributed by atoms with Gasteiger partial charge in [-0.05, 0) is 6.07 Å². The van der Waals surface area contributed by atoms with Crippen LogP contribution in [0, 0.1) is 0 Å². The van der Waals surface area contributed by atoms with Crippen molar-refractivity contribution >= 4 is 0 Å². The first kappa shape index (κ1) is 10.3. The standard InChI is InChI=1S/C7H6F5N3/c8-6(9)2-5(6,13)3-1-4(15-14-3)7(10,11)12/h1H,2,13H2,(H,14,15). The summed E-state index contributed by atoms with van der Waals surface area (Å²) < 4.78 is 61.7. The van der Waals surface area contributed by atoms with Crippen molar-refractivity contribution in [2.75, 3.05) is 0 Å². The van der Waals surface area contributed by atoms with Gasteiger partial charge in [-0.25, -0.2) is 8.78 Å². The van der Waals surface area contributed by atoms with Gasteiger partial charge in [0.2, 0.25) is 0 Å². The minimum Gasteiger partial charge on any atom is -0.315 e. The Balaban J connectivity index is 2.31. The average Bonchev–Trinajstić information content (AvgIpc) is 2.51. The molecular formula is C7H6F5N3. The number of aromatic amines is 1. The monoisotopic (exact) mass is 227 g/mol. The first-order valence-corrected chi connectivity index (χ1v) is 3.97. The zero-order valence-electron chi connectivity index (χ0n) is 7.20. The second-order valence-electron chi connectivity index (χ2n) is 3.52. The maximum absolute atomic E-state index is 12.7. The molecule has 1 atom stereocenters. The Hall–Kier alpha value is -1.18. The minimum atomic E-state index is -4.66. The number of halogens is 5. The molecule has 0 radical (unpaired) electrons. The van der Waals surface area contributed by atoms with E-state index in [1.807, 2.05) is 5.10 Å². The third-order valence-electron chi connectivity index (χ3n) is 2.38. The summed E-state index contributed by atoms with van der Waals surface area (Å²) in [4.78, 5) is 0. The fourth-order valence-corrected chi connectivity index (χ4v) is 1.29. The molecule has 1 heterocycles. The van der Waals surface area contributed by atoms with Crippen LogP contribution < -0.4 is 5.73 Å². The van der Waals surface area contributed by atoms with Gasteiger partial charge in [0.15, 0.2) is 5.69 Å². The number of hydrogen-bond acceptors (Lipinski definition) is 2. The van der Waals surface area contributed by atoms with E-state index in [2.05, 4.69) is 5.10 Å². The van der Waals surface area contributed by atoms with Gasteiger partial charge in [-0.3, -0.25) is 5.10 Å². The molecule has 1 aliphatic rings. The summed E-state index contributed by atoms with van der Waals surface area (Å²) in [7, 11) is 0. The lowest BCUT2D eigenvalue weighted by Crippen LogP contribution is -2.27. The number of hydrogen-bond donors (Lipinski definition) is 2. The van der Waals surface area contributed by atoms with Crippen LogP contribution in [0.5, 0.6) is 0 Å². The molecule has 1 fully saturated rings. The fraction of sp³-hybridized carbons (Fsp3) is 0.571. The van der Waals surface area contributed by atoms with Gasteiger partial charge >= 0.3 is 6.18 Å². The SMILES string of the molecule is NC1(c2cc(C(F)(F)F)n[nH]2)CC1(F)F. The average molecular weight is 227 g/mol. The fourth-order valence-electron chi connectivity index (χ4n) is 1.29. The molecule has 1 aromatic heterocycles. The molecule has 0 aromatic carbocycles. The van der Waals surface area contributed by atoms with Crippen LogP contribution in [-0.4, -0.2) is 16.1 Å². The summed E-state index contributed by atoms with van der Waals surface area (Å²) in [6.07, 6.45) is -5.32. The van der Waals surface area contributed by atoms with Gasteiger partial charge in [0, 0.05) is 6.42 Å². The van der Waals surface area contributed by atoms with Crippen LogP contribution in [0.1, 0.15) is 17.8 Å². The van der Waals surface area contributed by atoms with E-state index in [0.29, 0.717) is 6.07 Å². The van der Waals surface area contributed by atoms with Gasteiger partial charge < -0.3 is 5.73 Å². The number of alkyl halides is 5. The molecule has 15 heavy (non-hydrogen) atoms. The Morgan fingerprint density at radius 2 is 1.93 bits per heavy atom. The van der Waals surface area contributed by atoms with Crippen LogP contribution in [-0.2, 0) is 11.7 Å². The van der Waals surface area contributed by atoms with E-state index in [1.54, 1.807) is 0 Å². The predicted octanol–water partition coefficient (Wildman–Crippen LogP) is 1.62. The molecule has 84 valence electrons. The summed E-state index contributed by atoms with van der Waals surface area (Å²) in [6, 6.07) is 0.515. The van der Waals surface area contributed by atoms with Crippen molar-refractivity contribution in [3.8, 4) is 0 Å². The highest BCUT2D eigenvalue weighted by atomic mass is 19.4. The molecule has 2 rings (SSSR count). The second-order valence-corrected chi connectivity index (χ2v) is 3.52. The van der Waals surface area contributed by atoms with E-state index in [9.17, 15) is 22.0 Å². The number of nitrogens with zero attached hydrogens (tertiary/aromatic N) is 1. The molecule has 1 unspecified atom stereocenters. The summed E-state index contributed by atoms with van der Waals surface area (Å²) in [6.45, 7) is 0. The summed E-state index contributed by atoms with van der Waals surface area (Å²) >= 11 is 0. The van der Waals surface area contributed by atoms with Crippen molar-refractivity contribution in [2.24, 2.45) is 5.73 Å². The third-order valence-corrected chi connectivity index (χ3v) is 2.38. The lowest BCUT2D eigenvalue weighted by molar-refractivity contribution is -0.141. The molecule has 3 nitrogen and oxygen atoms in total. The first-order chi connectivity index (χ1) is 6.67. The first-order valence-electron chi connectivity index (χ1n) is 3.97. The van der Waals surface area contributed by atoms with Crippen molar-refractivity contribution < 1.29 is 22.0 Å². The quantitative estimate of drug-likeness (QED) is 0.716. The van der Waals surface area contributed by atoms with Gasteiger partial charge in [-0.15, -0.1) is 0 Å². The van der Waals surface area contributed by atoms with Crippen molar-refractivity contribution in [3.05, 3.63) is 17.5 Å². The number of rotatable bonds is 1. The Bertz CT molecular complexity index is 396. The molecule has 0 bridgehead atoms. The smallest absolute Gasteiger partial charge is 0.315 e. The third kappa shape index (κ3) is 1.39. The second kappa shape index (κ2) is 2.49. The summed E-state index contributed by atoms with van der Waals surface area (Å²) in [5.41, 5.74) is 1.55. The van der Waals surface area contributed by atoms with E-state index < -0.39 is 29.8 Å². The lowest BCUT2D eigenvalue weighted by atomic mass is 10.2. The topological polar surface area (TPSA) is 54.7 Å². The molecule has 1 aliphatic carbocycles. The number of aromatic nitrogens is 2. The predicted molar refractivity (Wildman–Crippen MR) is 39.0 cm³/mol. The van der Waals surface area contributed by atoms with E-state index in [-0.39, 0.29) is 5.69 Å². The van der Waals surface area contributed by atoms with Crippen LogP contribution in [0.25, 0.3) is 0 Å². The zero-order chi connectivity index (χ0) is 11.5. The Labute approximate surface area is 80.5 Å². The Morgan fingerprint density at radius 1 is 1.40 bits per heavy atom. The molecule has 1 aromatic rings. The highest BCUT2D eigenvalue weighted by Gasteiger charge is 2.71. The summed E-state index contributed by atoms with van der Waals surface area (Å²) in [5, 5.41) is 4.79. The largest absolute Gasteiger partial charge is 0.435 e. The van der Waals surface area contributed by atoms with E-state index in [1.165, 1.54) is 0 Å². The van der Waals surface area contributed by atoms with Crippen LogP contribution in [0.15, 0.2) is 6.07 Å². The molecular weight excluding hydrogens is 221 g/mol. The van der Waals surface area contributed by atoms with Crippen molar-refractivity contribution in [1.82, 2.24) is 10.2 Å². The lowest BCUT2D eigenvalue weighted by Gasteiger charge is -2.06. The van der Waals surface area contributed by atoms with Gasteiger partial charge in [0.25, 0.3) is 5.92 Å². The molecule has 0 amide bonds. The molecule has 0 spiro atoms. The molecule has 1 saturated carbocycles. The molecule has 0 saturated heterocycles. The highest BCUT2D eigenvalue weighted by Crippen LogP contribution is 2.57. The molecule has 0 aliphatic heterocycles. The van der Waals surface area contributed by atoms with Crippen LogP contribution in [0.2, 0.25) is 0 Å². The van der Waals surface area contributed by atoms with E-state index in [4.69, 9.17) is 5.73 Å². The zero-order valence-corrected chi connectivity index (χ0v) is 7.20. The Kier molecular flexibility index (Phi) is 1.72. The number of nitrogens with one attached hydrogen (secondary N) is 1. The number of H-pyrrole nitrogens is 1. The van der Waals surface area contributed by atoms with Gasteiger partial charge in [0.05, 0.1) is 5.69 Å². The maximum atomic E-state index is 12.7. The van der Waals surface area contributed by atoms with Crippen LogP contribution >= 0.6 is 0 Å². The Morgan fingerprint density at radius 3 is 2.27 bits per heavy atom. The normalized spacial score (nSPS) is 29.2. The van der Waals surface area contributed by atoms with Gasteiger partial charge in [-0.1, -0.05) is 0 Å². The maximum Gasteiger partial charge on any atom is 0.435 e. The minimum absolute atomic E-state index is 0.389. The molecule has 8 heteroatoms. The van der Waals surface area contributed by atoms with Gasteiger partial charge in [-0.2, -0.15) is 18.3 Å². The van der Waals surface area contributed by atoms with Crippen LogP contribution in [0.4, 0.5) is 22.0 Å². The van der Waals surface area contributed by atoms with E-state index in [0.717, 1.165) is 0 Å². The van der Waals surface area contributed by atoms with Crippen LogP contribution in [0.3, 0.4) is 0 Å². The number of nitrogens with two attached hydrogens (primary N) is 1. The summed E-state index contributed by atoms with van der Waals surface area (Å²) in [5.74, 6) is -3.16. The van der Waals surface area contributed by atoms with Crippen molar-refractivity contribution in [2.45, 2.75) is 24.1 Å².